The minimum absolute atomic E-state index is 0.0651. The van der Waals surface area contributed by atoms with Gasteiger partial charge in [0.25, 0.3) is 5.91 Å². The Morgan fingerprint density at radius 2 is 1.82 bits per heavy atom. The van der Waals surface area contributed by atoms with Crippen LogP contribution in [-0.2, 0) is 42.2 Å². The molecule has 51 heavy (non-hydrogen) atoms. The van der Waals surface area contributed by atoms with Crippen molar-refractivity contribution in [2.45, 2.75) is 126 Å². The minimum atomic E-state index is -3.90. The predicted octanol–water partition coefficient (Wildman–Crippen LogP) is 3.23. The molecule has 4 N–H and O–H groups in total. The van der Waals surface area contributed by atoms with Crippen molar-refractivity contribution in [2.24, 2.45) is 5.92 Å². The summed E-state index contributed by atoms with van der Waals surface area (Å²) in [7, 11) is -3.90. The molecule has 2 aliphatic carbocycles. The molecule has 3 heterocycles. The SMILES string of the molecule is CC(C)(C)NC(=O)N[C@H]1CCCCCC=C[C@@H]2C[C@@]2(C(=O)NS(=O)(=O)C2CC2)NC(=O)C2C[C@@H](OC(=O)N3Cc4cccc(Cl)c4C3)CN2C1=O. The highest BCUT2D eigenvalue weighted by Gasteiger charge is 2.62. The molecule has 1 aromatic rings. The molecule has 3 fully saturated rings. The van der Waals surface area contributed by atoms with E-state index in [-0.39, 0.29) is 25.9 Å². The Balaban J connectivity index is 1.25. The normalized spacial score (nSPS) is 28.3. The molecule has 2 saturated carbocycles. The number of hydrogen-bond acceptors (Lipinski definition) is 8. The summed E-state index contributed by atoms with van der Waals surface area (Å²) in [6.07, 6.45) is 6.48. The topological polar surface area (TPSA) is 183 Å². The highest BCUT2D eigenvalue weighted by atomic mass is 35.5. The van der Waals surface area contributed by atoms with Crippen molar-refractivity contribution < 1.29 is 37.1 Å². The van der Waals surface area contributed by atoms with Gasteiger partial charge >= 0.3 is 12.1 Å². The van der Waals surface area contributed by atoms with Crippen molar-refractivity contribution in [3.8, 4) is 0 Å². The third-order valence-corrected chi connectivity index (χ3v) is 12.3. The number of amides is 6. The van der Waals surface area contributed by atoms with Crippen LogP contribution in [0, 0.1) is 5.92 Å². The van der Waals surface area contributed by atoms with Crippen LogP contribution in [0.15, 0.2) is 30.4 Å². The number of benzene rings is 1. The van der Waals surface area contributed by atoms with E-state index in [9.17, 15) is 32.4 Å². The maximum atomic E-state index is 14.3. The fourth-order valence-corrected chi connectivity index (χ4v) is 8.73. The number of allylic oxidation sites excluding steroid dienone is 1. The number of carbonyl (C=O) groups excluding carboxylic acids is 5. The van der Waals surface area contributed by atoms with Crippen LogP contribution in [0.2, 0.25) is 5.02 Å². The lowest BCUT2D eigenvalue weighted by Gasteiger charge is -2.30. The average molecular weight is 747 g/mol. The highest BCUT2D eigenvalue weighted by Crippen LogP contribution is 2.46. The van der Waals surface area contributed by atoms with Gasteiger partial charge < -0.3 is 25.6 Å². The van der Waals surface area contributed by atoms with Gasteiger partial charge in [0.15, 0.2) is 0 Å². The molecule has 3 aliphatic heterocycles. The number of ether oxygens (including phenoxy) is 1. The van der Waals surface area contributed by atoms with Crippen LogP contribution in [0.3, 0.4) is 0 Å². The molecule has 0 spiro atoms. The number of rotatable bonds is 5. The van der Waals surface area contributed by atoms with Gasteiger partial charge in [-0.1, -0.05) is 48.7 Å². The molecule has 16 heteroatoms. The molecule has 0 bridgehead atoms. The Hall–Kier alpha value is -3.85. The van der Waals surface area contributed by atoms with Gasteiger partial charge in [0.05, 0.1) is 18.3 Å². The van der Waals surface area contributed by atoms with Gasteiger partial charge in [-0.2, -0.15) is 0 Å². The van der Waals surface area contributed by atoms with Gasteiger partial charge in [-0.15, -0.1) is 0 Å². The molecule has 1 aromatic carbocycles. The number of urea groups is 1. The van der Waals surface area contributed by atoms with E-state index in [1.54, 1.807) is 6.07 Å². The Labute approximate surface area is 303 Å². The van der Waals surface area contributed by atoms with Crippen molar-refractivity contribution in [1.29, 1.82) is 0 Å². The molecule has 0 aromatic heterocycles. The fourth-order valence-electron chi connectivity index (χ4n) is 7.11. The number of nitrogens with one attached hydrogen (secondary N) is 4. The van der Waals surface area contributed by atoms with Crippen LogP contribution in [0.25, 0.3) is 0 Å². The lowest BCUT2D eigenvalue weighted by molar-refractivity contribution is -0.141. The summed E-state index contributed by atoms with van der Waals surface area (Å²) in [5.74, 6) is -2.45. The number of nitrogens with zero attached hydrogens (tertiary/aromatic N) is 2. The smallest absolute Gasteiger partial charge is 0.410 e. The summed E-state index contributed by atoms with van der Waals surface area (Å²) in [5, 5.41) is 8.34. The molecule has 1 unspecified atom stereocenters. The third kappa shape index (κ3) is 8.45. The van der Waals surface area contributed by atoms with Gasteiger partial charge in [-0.3, -0.25) is 24.0 Å². The lowest BCUT2D eigenvalue weighted by Crippen LogP contribution is -2.59. The molecule has 5 aliphatic rings. The zero-order valence-corrected chi connectivity index (χ0v) is 30.8. The summed E-state index contributed by atoms with van der Waals surface area (Å²) < 4.78 is 33.6. The van der Waals surface area contributed by atoms with Crippen LogP contribution in [0.1, 0.15) is 89.7 Å². The second kappa shape index (κ2) is 14.3. The first kappa shape index (κ1) is 36.9. The second-order valence-corrected chi connectivity index (χ2v) is 17.8. The van der Waals surface area contributed by atoms with Crippen LogP contribution in [0.4, 0.5) is 9.59 Å². The third-order valence-electron chi connectivity index (χ3n) is 10.1. The van der Waals surface area contributed by atoms with Crippen LogP contribution in [-0.4, -0.2) is 89.1 Å². The van der Waals surface area contributed by atoms with Crippen molar-refractivity contribution >= 4 is 51.5 Å². The summed E-state index contributed by atoms with van der Waals surface area (Å²) in [6.45, 7) is 5.87. The van der Waals surface area contributed by atoms with Crippen LogP contribution >= 0.6 is 11.6 Å². The molecule has 0 radical (unpaired) electrons. The van der Waals surface area contributed by atoms with E-state index < -0.39 is 80.3 Å². The van der Waals surface area contributed by atoms with E-state index in [1.807, 2.05) is 45.1 Å². The monoisotopic (exact) mass is 746 g/mol. The van der Waals surface area contributed by atoms with Gasteiger partial charge in [-0.05, 0) is 76.5 Å². The molecule has 5 atom stereocenters. The first-order valence-electron chi connectivity index (χ1n) is 17.7. The maximum absolute atomic E-state index is 14.3. The fraction of sp³-hybridized carbons (Fsp3) is 0.629. The minimum Gasteiger partial charge on any atom is -0.444 e. The van der Waals surface area contributed by atoms with Gasteiger partial charge in [0.2, 0.25) is 21.8 Å². The molecule has 6 rings (SSSR count). The van der Waals surface area contributed by atoms with E-state index in [0.717, 1.165) is 24.0 Å². The second-order valence-electron chi connectivity index (χ2n) is 15.4. The summed E-state index contributed by atoms with van der Waals surface area (Å²) >= 11 is 6.35. The van der Waals surface area contributed by atoms with E-state index in [4.69, 9.17) is 16.3 Å². The van der Waals surface area contributed by atoms with Crippen molar-refractivity contribution in [2.75, 3.05) is 6.54 Å². The molecule has 6 amide bonds. The summed E-state index contributed by atoms with van der Waals surface area (Å²) in [6, 6.07) is 2.75. The summed E-state index contributed by atoms with van der Waals surface area (Å²) in [5.41, 5.74) is -0.371. The van der Waals surface area contributed by atoms with Crippen molar-refractivity contribution in [3.63, 3.8) is 0 Å². The average Bonchev–Trinajstić information content (AvgIpc) is 3.93. The van der Waals surface area contributed by atoms with Crippen LogP contribution < -0.4 is 20.7 Å². The van der Waals surface area contributed by atoms with Crippen molar-refractivity contribution in [3.05, 3.63) is 46.5 Å². The molecule has 278 valence electrons. The van der Waals surface area contributed by atoms with E-state index in [2.05, 4.69) is 20.7 Å². The molecule has 1 saturated heterocycles. The Kier molecular flexibility index (Phi) is 10.3. The number of hydrogen-bond donors (Lipinski definition) is 4. The Morgan fingerprint density at radius 3 is 2.53 bits per heavy atom. The van der Waals surface area contributed by atoms with E-state index in [0.29, 0.717) is 43.7 Å². The zero-order chi connectivity index (χ0) is 36.7. The number of halogens is 1. The number of sulfonamides is 1. The van der Waals surface area contributed by atoms with Gasteiger partial charge in [-0.25, -0.2) is 18.0 Å². The van der Waals surface area contributed by atoms with E-state index in [1.165, 1.54) is 9.80 Å². The quantitative estimate of drug-likeness (QED) is 0.331. The Bertz CT molecular complexity index is 1730. The molecular formula is C35H47ClN6O8S. The highest BCUT2D eigenvalue weighted by molar-refractivity contribution is 7.91. The van der Waals surface area contributed by atoms with E-state index >= 15 is 0 Å². The lowest BCUT2D eigenvalue weighted by atomic mass is 10.0. The van der Waals surface area contributed by atoms with Crippen molar-refractivity contribution in [1.82, 2.24) is 30.5 Å². The van der Waals surface area contributed by atoms with Crippen LogP contribution in [0.5, 0.6) is 0 Å². The number of carbonyl (C=O) groups is 5. The van der Waals surface area contributed by atoms with Gasteiger partial charge in [0, 0.05) is 29.4 Å². The van der Waals surface area contributed by atoms with Gasteiger partial charge in [0.1, 0.15) is 23.7 Å². The zero-order valence-electron chi connectivity index (χ0n) is 29.2. The first-order chi connectivity index (χ1) is 24.1. The predicted molar refractivity (Wildman–Crippen MR) is 188 cm³/mol. The molecule has 14 nitrogen and oxygen atoms in total. The Morgan fingerprint density at radius 1 is 1.06 bits per heavy atom. The summed E-state index contributed by atoms with van der Waals surface area (Å²) in [4.78, 5) is 71.3. The maximum Gasteiger partial charge on any atom is 0.410 e. The largest absolute Gasteiger partial charge is 0.444 e. The first-order valence-corrected chi connectivity index (χ1v) is 19.6. The standard InChI is InChI=1S/C35H47ClN6O8S/c1-34(2,3)39-32(46)37-27-13-8-6-4-5-7-11-22-17-35(22,31(45)40-51(48,49)24-14-15-24)38-29(43)28-16-23(19-42(28)30(27)44)50-33(47)41-18-21-10-9-12-26(36)25(21)20-41/h7,9-12,22-24,27-28H,4-6,8,13-20H2,1-3H3,(H,38,43)(H,40,45)(H2,37,39,46)/t22-,23-,27+,28?,35-/m1/s1. The number of fused-ring (bicyclic) bond motifs is 3. The molecular weight excluding hydrogens is 700 g/mol.